The average molecular weight is 294 g/mol. The second-order valence-electron chi connectivity index (χ2n) is 5.76. The third-order valence-electron chi connectivity index (χ3n) is 4.62. The minimum absolute atomic E-state index is 0.773. The summed E-state index contributed by atoms with van der Waals surface area (Å²) in [6.45, 7) is 10.5. The zero-order valence-corrected chi connectivity index (χ0v) is 13.8. The first-order chi connectivity index (χ1) is 10.3. The highest BCUT2D eigenvalue weighted by Gasteiger charge is 2.17. The van der Waals surface area contributed by atoms with E-state index in [0.717, 1.165) is 27.8 Å². The molecule has 114 valence electrons. The van der Waals surface area contributed by atoms with Crippen molar-refractivity contribution in [2.45, 2.75) is 34.6 Å². The first kappa shape index (κ1) is 16.0. The monoisotopic (exact) mass is 294 g/mol. The van der Waals surface area contributed by atoms with Crippen LogP contribution in [0.2, 0.25) is 0 Å². The van der Waals surface area contributed by atoms with Gasteiger partial charge in [0.2, 0.25) is 0 Å². The lowest BCUT2D eigenvalue weighted by Crippen LogP contribution is -2.05. The van der Waals surface area contributed by atoms with E-state index in [1.54, 1.807) is 0 Å². The highest BCUT2D eigenvalue weighted by molar-refractivity contribution is 5.97. The summed E-state index contributed by atoms with van der Waals surface area (Å²) >= 11 is 0. The van der Waals surface area contributed by atoms with Crippen LogP contribution in [-0.2, 0) is 4.79 Å². The van der Waals surface area contributed by atoms with E-state index in [1.807, 2.05) is 30.3 Å². The summed E-state index contributed by atoms with van der Waals surface area (Å²) in [6.07, 6.45) is 1.32. The fraction of sp³-hybridized carbons (Fsp3) is 0.250. The Morgan fingerprint density at radius 2 is 1.27 bits per heavy atom. The molecule has 0 atom stereocenters. The molecule has 0 aliphatic rings. The number of aliphatic carboxylic acids is 1. The molecule has 2 rings (SSSR count). The number of carboxylic acids is 1. The Hall–Kier alpha value is -2.35. The Labute approximate surface area is 132 Å². The van der Waals surface area contributed by atoms with E-state index < -0.39 is 5.97 Å². The smallest absolute Gasteiger partial charge is 0.328 e. The predicted octanol–water partition coefficient (Wildman–Crippen LogP) is 4.75. The molecule has 0 saturated heterocycles. The topological polar surface area (TPSA) is 37.3 Å². The van der Waals surface area contributed by atoms with Gasteiger partial charge >= 0.3 is 5.97 Å². The number of hydrogen-bond acceptors (Lipinski definition) is 1. The Kier molecular flexibility index (Phi) is 4.51. The zero-order valence-electron chi connectivity index (χ0n) is 13.8. The van der Waals surface area contributed by atoms with Gasteiger partial charge in [-0.1, -0.05) is 30.3 Å². The number of benzene rings is 2. The molecule has 0 bridgehead atoms. The lowest BCUT2D eigenvalue weighted by molar-refractivity contribution is -0.131. The number of hydrogen-bond donors (Lipinski definition) is 1. The molecule has 0 aliphatic heterocycles. The van der Waals surface area contributed by atoms with Crippen molar-refractivity contribution >= 4 is 11.5 Å². The molecule has 0 amide bonds. The summed E-state index contributed by atoms with van der Waals surface area (Å²) < 4.78 is 0. The van der Waals surface area contributed by atoms with Gasteiger partial charge in [-0.05, 0) is 79.1 Å². The zero-order chi connectivity index (χ0) is 16.4. The average Bonchev–Trinajstić information content (AvgIpc) is 2.50. The largest absolute Gasteiger partial charge is 0.478 e. The molecule has 2 aromatic carbocycles. The molecular formula is C20H22O2. The Balaban J connectivity index is 2.83. The fourth-order valence-corrected chi connectivity index (χ4v) is 2.95. The summed E-state index contributed by atoms with van der Waals surface area (Å²) in [6, 6.07) is 9.72. The van der Waals surface area contributed by atoms with E-state index in [1.165, 1.54) is 22.8 Å². The van der Waals surface area contributed by atoms with Crippen molar-refractivity contribution in [3.05, 3.63) is 75.4 Å². The van der Waals surface area contributed by atoms with Crippen LogP contribution in [-0.4, -0.2) is 11.1 Å². The van der Waals surface area contributed by atoms with Crippen LogP contribution in [0.15, 0.2) is 36.4 Å². The SMILES string of the molecule is Cc1c(C)c(C)c(/C(=C\C(=O)O)c2ccccc2)c(C)c1C. The molecule has 0 unspecified atom stereocenters. The summed E-state index contributed by atoms with van der Waals surface area (Å²) in [5.41, 5.74) is 8.77. The lowest BCUT2D eigenvalue weighted by Gasteiger charge is -2.21. The summed E-state index contributed by atoms with van der Waals surface area (Å²) in [5.74, 6) is -0.923. The molecule has 0 aromatic heterocycles. The van der Waals surface area contributed by atoms with Crippen molar-refractivity contribution in [1.82, 2.24) is 0 Å². The molecule has 0 saturated carbocycles. The van der Waals surface area contributed by atoms with Crippen molar-refractivity contribution in [3.63, 3.8) is 0 Å². The first-order valence-electron chi connectivity index (χ1n) is 7.42. The lowest BCUT2D eigenvalue weighted by atomic mass is 9.84. The molecule has 22 heavy (non-hydrogen) atoms. The highest BCUT2D eigenvalue weighted by atomic mass is 16.4. The van der Waals surface area contributed by atoms with Gasteiger partial charge in [0.15, 0.2) is 0 Å². The molecule has 1 N–H and O–H groups in total. The minimum atomic E-state index is -0.923. The van der Waals surface area contributed by atoms with Crippen molar-refractivity contribution in [1.29, 1.82) is 0 Å². The van der Waals surface area contributed by atoms with E-state index in [2.05, 4.69) is 34.6 Å². The predicted molar refractivity (Wildman–Crippen MR) is 91.3 cm³/mol. The maximum absolute atomic E-state index is 11.3. The van der Waals surface area contributed by atoms with Crippen LogP contribution in [0.1, 0.15) is 38.9 Å². The van der Waals surface area contributed by atoms with Crippen LogP contribution in [0.3, 0.4) is 0 Å². The van der Waals surface area contributed by atoms with Gasteiger partial charge in [-0.3, -0.25) is 0 Å². The molecule has 0 heterocycles. The minimum Gasteiger partial charge on any atom is -0.478 e. The quantitative estimate of drug-likeness (QED) is 0.830. The van der Waals surface area contributed by atoms with Gasteiger partial charge in [-0.2, -0.15) is 0 Å². The van der Waals surface area contributed by atoms with E-state index in [9.17, 15) is 9.90 Å². The number of rotatable bonds is 3. The van der Waals surface area contributed by atoms with Crippen molar-refractivity contribution in [3.8, 4) is 0 Å². The van der Waals surface area contributed by atoms with Gasteiger partial charge < -0.3 is 5.11 Å². The van der Waals surface area contributed by atoms with Gasteiger partial charge in [0, 0.05) is 6.08 Å². The fourth-order valence-electron chi connectivity index (χ4n) is 2.95. The van der Waals surface area contributed by atoms with Crippen molar-refractivity contribution < 1.29 is 9.90 Å². The summed E-state index contributed by atoms with van der Waals surface area (Å²) in [5, 5.41) is 9.31. The van der Waals surface area contributed by atoms with Crippen LogP contribution in [0.25, 0.3) is 5.57 Å². The van der Waals surface area contributed by atoms with Gasteiger partial charge in [0.05, 0.1) is 0 Å². The van der Waals surface area contributed by atoms with Gasteiger partial charge in [-0.15, -0.1) is 0 Å². The molecule has 2 nitrogen and oxygen atoms in total. The van der Waals surface area contributed by atoms with E-state index in [0.29, 0.717) is 0 Å². The van der Waals surface area contributed by atoms with Crippen LogP contribution >= 0.6 is 0 Å². The van der Waals surface area contributed by atoms with Crippen molar-refractivity contribution in [2.24, 2.45) is 0 Å². The molecule has 2 heteroatoms. The number of carboxylic acid groups (broad SMARTS) is 1. The van der Waals surface area contributed by atoms with Crippen LogP contribution in [0.5, 0.6) is 0 Å². The van der Waals surface area contributed by atoms with Crippen molar-refractivity contribution in [2.75, 3.05) is 0 Å². The van der Waals surface area contributed by atoms with E-state index >= 15 is 0 Å². The van der Waals surface area contributed by atoms with Gasteiger partial charge in [0.1, 0.15) is 0 Å². The molecule has 2 aromatic rings. The molecule has 0 spiro atoms. The van der Waals surface area contributed by atoms with Gasteiger partial charge in [0.25, 0.3) is 0 Å². The maximum atomic E-state index is 11.3. The van der Waals surface area contributed by atoms with E-state index in [-0.39, 0.29) is 0 Å². The molecule has 0 aliphatic carbocycles. The van der Waals surface area contributed by atoms with Crippen LogP contribution in [0.4, 0.5) is 0 Å². The molecule has 0 fully saturated rings. The highest BCUT2D eigenvalue weighted by Crippen LogP contribution is 2.34. The third kappa shape index (κ3) is 2.82. The Bertz CT molecular complexity index is 724. The Morgan fingerprint density at radius 3 is 1.73 bits per heavy atom. The number of carbonyl (C=O) groups is 1. The second-order valence-corrected chi connectivity index (χ2v) is 5.76. The third-order valence-corrected chi connectivity index (χ3v) is 4.62. The second kappa shape index (κ2) is 6.18. The van der Waals surface area contributed by atoms with Crippen LogP contribution < -0.4 is 0 Å². The van der Waals surface area contributed by atoms with E-state index in [4.69, 9.17) is 0 Å². The summed E-state index contributed by atoms with van der Waals surface area (Å²) in [7, 11) is 0. The maximum Gasteiger partial charge on any atom is 0.328 e. The summed E-state index contributed by atoms with van der Waals surface area (Å²) in [4.78, 5) is 11.3. The normalized spacial score (nSPS) is 11.6. The van der Waals surface area contributed by atoms with Crippen LogP contribution in [0, 0.1) is 34.6 Å². The first-order valence-corrected chi connectivity index (χ1v) is 7.42. The molecular weight excluding hydrogens is 272 g/mol. The Morgan fingerprint density at radius 1 is 0.818 bits per heavy atom. The standard InChI is InChI=1S/C20H22O2/c1-12-13(2)15(4)20(16(5)14(12)3)18(11-19(21)22)17-9-7-6-8-10-17/h6-11H,1-5H3,(H,21,22)/b18-11-. The van der Waals surface area contributed by atoms with Gasteiger partial charge in [-0.25, -0.2) is 4.79 Å². The molecule has 0 radical (unpaired) electrons.